The Morgan fingerprint density at radius 2 is 1.76 bits per heavy atom. The van der Waals surface area contributed by atoms with Crippen LogP contribution in [0.2, 0.25) is 0 Å². The summed E-state index contributed by atoms with van der Waals surface area (Å²) in [5, 5.41) is 12.5. The molecule has 0 spiro atoms. The monoisotopic (exact) mass is 485 g/mol. The summed E-state index contributed by atoms with van der Waals surface area (Å²) in [4.78, 5) is 0.205. The third-order valence-corrected chi connectivity index (χ3v) is 7.04. The number of benzene rings is 2. The van der Waals surface area contributed by atoms with Gasteiger partial charge in [-0.2, -0.15) is 4.52 Å². The molecule has 4 aromatic rings. The van der Waals surface area contributed by atoms with Crippen molar-refractivity contribution in [2.45, 2.75) is 25.7 Å². The van der Waals surface area contributed by atoms with Gasteiger partial charge in [-0.3, -0.25) is 0 Å². The molecule has 11 heteroatoms. The van der Waals surface area contributed by atoms with E-state index >= 15 is 0 Å². The molecule has 2 aromatic heterocycles. The van der Waals surface area contributed by atoms with Crippen LogP contribution in [0.4, 0.5) is 4.39 Å². The van der Waals surface area contributed by atoms with E-state index in [4.69, 9.17) is 9.47 Å². The summed E-state index contributed by atoms with van der Waals surface area (Å²) < 4.78 is 54.0. The van der Waals surface area contributed by atoms with Crippen LogP contribution in [0.15, 0.2) is 47.4 Å². The number of aromatic nitrogens is 4. The van der Waals surface area contributed by atoms with Gasteiger partial charge in [0.05, 0.1) is 12.0 Å². The van der Waals surface area contributed by atoms with E-state index in [1.165, 1.54) is 16.6 Å². The number of ether oxygens (including phenoxy) is 2. The predicted molar refractivity (Wildman–Crippen MR) is 124 cm³/mol. The number of halogens is 1. The van der Waals surface area contributed by atoms with Crippen LogP contribution in [-0.4, -0.2) is 48.5 Å². The Labute approximate surface area is 196 Å². The molecule has 0 atom stereocenters. The molecule has 0 amide bonds. The average molecular weight is 486 g/mol. The first-order chi connectivity index (χ1) is 16.2. The molecule has 0 radical (unpaired) electrons. The molecular weight excluding hydrogens is 461 g/mol. The molecule has 0 aliphatic carbocycles. The summed E-state index contributed by atoms with van der Waals surface area (Å²) >= 11 is 0. The molecule has 0 saturated heterocycles. The van der Waals surface area contributed by atoms with E-state index in [1.807, 2.05) is 6.92 Å². The maximum absolute atomic E-state index is 13.2. The Balaban J connectivity index is 1.45. The molecule has 34 heavy (non-hydrogen) atoms. The maximum Gasteiger partial charge on any atom is 0.240 e. The average Bonchev–Trinajstić information content (AvgIpc) is 3.23. The topological polar surface area (TPSA) is 108 Å². The van der Waals surface area contributed by atoms with Gasteiger partial charge in [-0.05, 0) is 73.9 Å². The van der Waals surface area contributed by atoms with Crippen LogP contribution < -0.4 is 14.2 Å². The first kappa shape index (κ1) is 23.6. The summed E-state index contributed by atoms with van der Waals surface area (Å²) in [6.07, 6.45) is 0. The van der Waals surface area contributed by atoms with Crippen LogP contribution in [0.5, 0.6) is 11.6 Å². The number of nitrogens with zero attached hydrogens (tertiary/aromatic N) is 4. The normalized spacial score (nSPS) is 11.7. The van der Waals surface area contributed by atoms with Crippen LogP contribution in [0.1, 0.15) is 16.7 Å². The molecule has 9 nitrogen and oxygen atoms in total. The van der Waals surface area contributed by atoms with Gasteiger partial charge in [0.2, 0.25) is 15.9 Å². The zero-order valence-corrected chi connectivity index (χ0v) is 20.0. The van der Waals surface area contributed by atoms with Crippen molar-refractivity contribution in [3.8, 4) is 23.0 Å². The van der Waals surface area contributed by atoms with Gasteiger partial charge in [0.15, 0.2) is 11.5 Å². The lowest BCUT2D eigenvalue weighted by molar-refractivity contribution is 0.306. The summed E-state index contributed by atoms with van der Waals surface area (Å²) in [7, 11) is -2.19. The van der Waals surface area contributed by atoms with Crippen molar-refractivity contribution < 1.29 is 22.3 Å². The number of hydrogen-bond donors (Lipinski definition) is 1. The number of methoxy groups -OCH3 is 1. The van der Waals surface area contributed by atoms with Gasteiger partial charge in [0.1, 0.15) is 18.2 Å². The van der Waals surface area contributed by atoms with Gasteiger partial charge in [-0.15, -0.1) is 15.3 Å². The van der Waals surface area contributed by atoms with E-state index in [1.54, 1.807) is 51.3 Å². The Morgan fingerprint density at radius 1 is 1.03 bits per heavy atom. The molecule has 0 aliphatic heterocycles. The fraction of sp³-hybridized carbons (Fsp3) is 0.261. The molecule has 1 N–H and O–H groups in total. The van der Waals surface area contributed by atoms with Crippen LogP contribution >= 0.6 is 0 Å². The summed E-state index contributed by atoms with van der Waals surface area (Å²) in [6.45, 7) is 5.48. The number of sulfonamides is 1. The SMILES string of the molecule is COc1c(C)cc(S(=O)(=O)NCCOc2ccc3nnc(-c4ccc(F)cc4)n3n2)c(C)c1C. The molecule has 0 saturated carbocycles. The Bertz CT molecular complexity index is 1450. The molecule has 0 unspecified atom stereocenters. The predicted octanol–water partition coefficient (Wildman–Crippen LogP) is 3.22. The molecule has 0 bridgehead atoms. The van der Waals surface area contributed by atoms with Crippen molar-refractivity contribution in [1.82, 2.24) is 24.5 Å². The lowest BCUT2D eigenvalue weighted by Crippen LogP contribution is -2.29. The minimum atomic E-state index is -3.75. The van der Waals surface area contributed by atoms with Crippen LogP contribution in [0.25, 0.3) is 17.0 Å². The van der Waals surface area contributed by atoms with Crippen molar-refractivity contribution >= 4 is 15.7 Å². The first-order valence-corrected chi connectivity index (χ1v) is 11.9. The zero-order chi connectivity index (χ0) is 24.5. The van der Waals surface area contributed by atoms with Crippen LogP contribution in [0.3, 0.4) is 0 Å². The second-order valence-electron chi connectivity index (χ2n) is 7.69. The van der Waals surface area contributed by atoms with E-state index in [-0.39, 0.29) is 29.7 Å². The van der Waals surface area contributed by atoms with Gasteiger partial charge in [-0.25, -0.2) is 17.5 Å². The van der Waals surface area contributed by atoms with Crippen molar-refractivity contribution in [3.63, 3.8) is 0 Å². The quantitative estimate of drug-likeness (QED) is 0.382. The highest BCUT2D eigenvalue weighted by atomic mass is 32.2. The highest BCUT2D eigenvalue weighted by Crippen LogP contribution is 2.30. The van der Waals surface area contributed by atoms with Gasteiger partial charge in [-0.1, -0.05) is 0 Å². The summed E-state index contributed by atoms with van der Waals surface area (Å²) in [5.41, 5.74) is 3.29. The standard InChI is InChI=1S/C23H24FN5O4S/c1-14-13-19(15(2)16(3)22(14)32-4)34(30,31)25-11-12-33-21-10-9-20-26-27-23(29(20)28-21)17-5-7-18(24)8-6-17/h5-10,13,25H,11-12H2,1-4H3. The minimum Gasteiger partial charge on any atom is -0.496 e. The second kappa shape index (κ2) is 9.35. The third kappa shape index (κ3) is 4.57. The molecule has 0 fully saturated rings. The number of rotatable bonds is 8. The van der Waals surface area contributed by atoms with Crippen molar-refractivity contribution in [3.05, 3.63) is 65.0 Å². The third-order valence-electron chi connectivity index (χ3n) is 5.46. The number of fused-ring (bicyclic) bond motifs is 1. The molecule has 2 aromatic carbocycles. The number of nitrogens with one attached hydrogen (secondary N) is 1. The minimum absolute atomic E-state index is 0.0403. The van der Waals surface area contributed by atoms with Gasteiger partial charge in [0.25, 0.3) is 0 Å². The van der Waals surface area contributed by atoms with Crippen LogP contribution in [-0.2, 0) is 10.0 Å². The fourth-order valence-corrected chi connectivity index (χ4v) is 5.05. The molecule has 4 rings (SSSR count). The number of aryl methyl sites for hydroxylation is 1. The highest BCUT2D eigenvalue weighted by Gasteiger charge is 2.21. The largest absolute Gasteiger partial charge is 0.496 e. The van der Waals surface area contributed by atoms with Crippen molar-refractivity contribution in [2.75, 3.05) is 20.3 Å². The van der Waals surface area contributed by atoms with E-state index < -0.39 is 10.0 Å². The molecule has 2 heterocycles. The Kier molecular flexibility index (Phi) is 6.49. The maximum atomic E-state index is 13.2. The van der Waals surface area contributed by atoms with Crippen molar-refractivity contribution in [1.29, 1.82) is 0 Å². The van der Waals surface area contributed by atoms with Crippen molar-refractivity contribution in [2.24, 2.45) is 0 Å². The Morgan fingerprint density at radius 3 is 2.47 bits per heavy atom. The zero-order valence-electron chi connectivity index (χ0n) is 19.2. The summed E-state index contributed by atoms with van der Waals surface area (Å²) in [6, 6.07) is 10.7. The smallest absolute Gasteiger partial charge is 0.240 e. The second-order valence-corrected chi connectivity index (χ2v) is 9.43. The van der Waals surface area contributed by atoms with Gasteiger partial charge >= 0.3 is 0 Å². The van der Waals surface area contributed by atoms with Crippen LogP contribution in [0, 0.1) is 26.6 Å². The fourth-order valence-electron chi connectivity index (χ4n) is 3.65. The lowest BCUT2D eigenvalue weighted by Gasteiger charge is -2.16. The highest BCUT2D eigenvalue weighted by molar-refractivity contribution is 7.89. The summed E-state index contributed by atoms with van der Waals surface area (Å²) in [5.74, 6) is 1.02. The van der Waals surface area contributed by atoms with E-state index in [9.17, 15) is 12.8 Å². The lowest BCUT2D eigenvalue weighted by atomic mass is 10.1. The first-order valence-electron chi connectivity index (χ1n) is 10.5. The van der Waals surface area contributed by atoms with E-state index in [0.717, 1.165) is 11.1 Å². The van der Waals surface area contributed by atoms with E-state index in [2.05, 4.69) is 20.0 Å². The Hall–Kier alpha value is -3.57. The van der Waals surface area contributed by atoms with E-state index in [0.29, 0.717) is 28.3 Å². The van der Waals surface area contributed by atoms with Gasteiger partial charge in [0, 0.05) is 18.2 Å². The van der Waals surface area contributed by atoms with Gasteiger partial charge < -0.3 is 9.47 Å². The molecular formula is C23H24FN5O4S. The number of hydrogen-bond acceptors (Lipinski definition) is 7. The molecule has 178 valence electrons. The molecule has 0 aliphatic rings.